The van der Waals surface area contributed by atoms with Crippen LogP contribution in [0.15, 0.2) is 36.4 Å². The number of rotatable bonds is 5. The Morgan fingerprint density at radius 1 is 1.18 bits per heavy atom. The van der Waals surface area contributed by atoms with Crippen molar-refractivity contribution in [1.82, 2.24) is 19.7 Å². The molecule has 0 unspecified atom stereocenters. The summed E-state index contributed by atoms with van der Waals surface area (Å²) in [5.41, 5.74) is 2.93. The van der Waals surface area contributed by atoms with Gasteiger partial charge in [0.1, 0.15) is 29.8 Å². The molecule has 2 aromatic heterocycles. The van der Waals surface area contributed by atoms with E-state index in [4.69, 9.17) is 33.2 Å². The van der Waals surface area contributed by atoms with Crippen molar-refractivity contribution in [3.63, 3.8) is 0 Å². The van der Waals surface area contributed by atoms with Gasteiger partial charge in [0.25, 0.3) is 0 Å². The average Bonchev–Trinajstić information content (AvgIpc) is 3.13. The number of ether oxygens (including phenoxy) is 1. The fourth-order valence-corrected chi connectivity index (χ4v) is 4.18. The highest BCUT2D eigenvalue weighted by molar-refractivity contribution is 6.33. The number of nitrogens with zero attached hydrogens (tertiary/aromatic N) is 6. The Balaban J connectivity index is 1.43. The third kappa shape index (κ3) is 4.75. The van der Waals surface area contributed by atoms with Crippen molar-refractivity contribution in [2.45, 2.75) is 13.5 Å². The van der Waals surface area contributed by atoms with Crippen LogP contribution in [0.2, 0.25) is 10.0 Å². The highest BCUT2D eigenvalue weighted by atomic mass is 35.5. The number of nitriles is 1. The van der Waals surface area contributed by atoms with Crippen molar-refractivity contribution >= 4 is 34.8 Å². The van der Waals surface area contributed by atoms with E-state index in [0.29, 0.717) is 59.1 Å². The van der Waals surface area contributed by atoms with E-state index in [1.807, 2.05) is 36.1 Å². The van der Waals surface area contributed by atoms with Gasteiger partial charge < -0.3 is 14.5 Å². The summed E-state index contributed by atoms with van der Waals surface area (Å²) < 4.78 is 6.90. The number of hydrogen-bond donors (Lipinski definition) is 0. The number of carbonyl (C=O) groups is 1. The van der Waals surface area contributed by atoms with E-state index in [1.54, 1.807) is 30.0 Å². The molecule has 1 aliphatic rings. The lowest BCUT2D eigenvalue weighted by Crippen LogP contribution is -2.49. The molecule has 3 heterocycles. The molecule has 1 amide bonds. The monoisotopic (exact) mass is 484 g/mol. The van der Waals surface area contributed by atoms with E-state index in [-0.39, 0.29) is 18.1 Å². The SMILES string of the molecule is COc1cc(N2CCN(C(=O)Cn3nc(-c4cccc(C#N)n4)c(Cl)c3C)CC2)ccc1Cl. The third-order valence-electron chi connectivity index (χ3n) is 5.66. The van der Waals surface area contributed by atoms with Crippen LogP contribution in [-0.2, 0) is 11.3 Å². The summed E-state index contributed by atoms with van der Waals surface area (Å²) in [5, 5.41) is 14.6. The second kappa shape index (κ2) is 9.69. The summed E-state index contributed by atoms with van der Waals surface area (Å²) in [4.78, 5) is 21.3. The molecule has 33 heavy (non-hydrogen) atoms. The van der Waals surface area contributed by atoms with Gasteiger partial charge in [-0.2, -0.15) is 10.4 Å². The summed E-state index contributed by atoms with van der Waals surface area (Å²) in [6.07, 6.45) is 0. The molecule has 0 bridgehead atoms. The topological polar surface area (TPSA) is 87.3 Å². The highest BCUT2D eigenvalue weighted by Gasteiger charge is 2.24. The molecule has 4 rings (SSSR count). The Hall–Kier alpha value is -3.28. The van der Waals surface area contributed by atoms with Crippen molar-refractivity contribution in [2.75, 3.05) is 38.2 Å². The Labute approximate surface area is 201 Å². The van der Waals surface area contributed by atoms with Gasteiger partial charge in [-0.15, -0.1) is 0 Å². The number of anilines is 1. The number of pyridine rings is 1. The normalized spacial score (nSPS) is 13.7. The van der Waals surface area contributed by atoms with Gasteiger partial charge in [0.15, 0.2) is 0 Å². The average molecular weight is 485 g/mol. The molecule has 0 aliphatic carbocycles. The minimum Gasteiger partial charge on any atom is -0.495 e. The van der Waals surface area contributed by atoms with E-state index in [2.05, 4.69) is 15.0 Å². The largest absolute Gasteiger partial charge is 0.495 e. The van der Waals surface area contributed by atoms with Gasteiger partial charge in [-0.1, -0.05) is 29.3 Å². The fourth-order valence-electron chi connectivity index (χ4n) is 3.76. The van der Waals surface area contributed by atoms with Gasteiger partial charge in [0.05, 0.1) is 28.5 Å². The molecule has 0 atom stereocenters. The predicted molar refractivity (Wildman–Crippen MR) is 127 cm³/mol. The molecular weight excluding hydrogens is 463 g/mol. The van der Waals surface area contributed by atoms with Gasteiger partial charge >= 0.3 is 0 Å². The minimum absolute atomic E-state index is 0.0316. The summed E-state index contributed by atoms with van der Waals surface area (Å²) >= 11 is 12.6. The Kier molecular flexibility index (Phi) is 6.72. The van der Waals surface area contributed by atoms with Crippen LogP contribution in [0.5, 0.6) is 5.75 Å². The summed E-state index contributed by atoms with van der Waals surface area (Å²) in [6, 6.07) is 12.8. The number of methoxy groups -OCH3 is 1. The third-order valence-corrected chi connectivity index (χ3v) is 6.42. The maximum absolute atomic E-state index is 13.0. The lowest BCUT2D eigenvalue weighted by atomic mass is 10.2. The lowest BCUT2D eigenvalue weighted by molar-refractivity contribution is -0.132. The zero-order valence-electron chi connectivity index (χ0n) is 18.3. The molecule has 8 nitrogen and oxygen atoms in total. The standard InChI is InChI=1S/C23H22Cl2N6O2/c1-15-22(25)23(19-5-3-4-16(13-26)27-19)28-31(15)14-21(32)30-10-8-29(9-11-30)17-6-7-18(24)20(12-17)33-2/h3-7,12H,8-11,14H2,1-2H3. The van der Waals surface area contributed by atoms with Crippen molar-refractivity contribution < 1.29 is 9.53 Å². The first-order chi connectivity index (χ1) is 15.9. The summed E-state index contributed by atoms with van der Waals surface area (Å²) in [6.45, 7) is 4.48. The van der Waals surface area contributed by atoms with Gasteiger partial charge in [-0.05, 0) is 31.2 Å². The molecule has 1 aliphatic heterocycles. The number of piperazine rings is 1. The molecule has 1 aromatic carbocycles. The predicted octanol–water partition coefficient (Wildman–Crippen LogP) is 3.79. The number of aromatic nitrogens is 3. The first-order valence-electron chi connectivity index (χ1n) is 10.4. The molecule has 0 N–H and O–H groups in total. The zero-order valence-corrected chi connectivity index (χ0v) is 19.8. The Morgan fingerprint density at radius 3 is 2.64 bits per heavy atom. The smallest absolute Gasteiger partial charge is 0.244 e. The Bertz CT molecular complexity index is 1230. The van der Waals surface area contributed by atoms with Gasteiger partial charge in [0, 0.05) is 37.9 Å². The van der Waals surface area contributed by atoms with Crippen LogP contribution >= 0.6 is 23.2 Å². The number of hydrogen-bond acceptors (Lipinski definition) is 6. The molecule has 0 spiro atoms. The Morgan fingerprint density at radius 2 is 1.94 bits per heavy atom. The summed E-state index contributed by atoms with van der Waals surface area (Å²) in [7, 11) is 1.59. The first-order valence-corrected chi connectivity index (χ1v) is 11.1. The van der Waals surface area contributed by atoms with Gasteiger partial charge in [-0.25, -0.2) is 4.98 Å². The molecule has 170 valence electrons. The molecule has 1 saturated heterocycles. The van der Waals surface area contributed by atoms with E-state index in [9.17, 15) is 4.79 Å². The van der Waals surface area contributed by atoms with Crippen LogP contribution in [0, 0.1) is 18.3 Å². The number of benzene rings is 1. The van der Waals surface area contributed by atoms with E-state index >= 15 is 0 Å². The van der Waals surface area contributed by atoms with Crippen LogP contribution in [0.25, 0.3) is 11.4 Å². The second-order valence-corrected chi connectivity index (χ2v) is 8.40. The minimum atomic E-state index is -0.0316. The lowest BCUT2D eigenvalue weighted by Gasteiger charge is -2.36. The summed E-state index contributed by atoms with van der Waals surface area (Å²) in [5.74, 6) is 0.597. The van der Waals surface area contributed by atoms with E-state index in [0.717, 1.165) is 5.69 Å². The first kappa shape index (κ1) is 22.9. The number of amides is 1. The quantitative estimate of drug-likeness (QED) is 0.547. The van der Waals surface area contributed by atoms with Crippen LogP contribution in [-0.4, -0.2) is 58.9 Å². The van der Waals surface area contributed by atoms with Crippen LogP contribution in [0.4, 0.5) is 5.69 Å². The molecule has 10 heteroatoms. The van der Waals surface area contributed by atoms with E-state index < -0.39 is 0 Å². The van der Waals surface area contributed by atoms with Crippen molar-refractivity contribution in [2.24, 2.45) is 0 Å². The maximum atomic E-state index is 13.0. The van der Waals surface area contributed by atoms with Crippen molar-refractivity contribution in [1.29, 1.82) is 5.26 Å². The second-order valence-electron chi connectivity index (χ2n) is 7.61. The van der Waals surface area contributed by atoms with Crippen LogP contribution in [0.3, 0.4) is 0 Å². The van der Waals surface area contributed by atoms with Crippen molar-refractivity contribution in [3.8, 4) is 23.2 Å². The molecule has 0 saturated carbocycles. The molecule has 1 fully saturated rings. The van der Waals surface area contributed by atoms with Crippen LogP contribution in [0.1, 0.15) is 11.4 Å². The van der Waals surface area contributed by atoms with Crippen molar-refractivity contribution in [3.05, 3.63) is 57.8 Å². The zero-order chi connectivity index (χ0) is 23.5. The van der Waals surface area contributed by atoms with Crippen LogP contribution < -0.4 is 9.64 Å². The van der Waals surface area contributed by atoms with Gasteiger partial charge in [0.2, 0.25) is 5.91 Å². The molecule has 0 radical (unpaired) electrons. The number of carbonyl (C=O) groups excluding carboxylic acids is 1. The highest BCUT2D eigenvalue weighted by Crippen LogP contribution is 2.30. The molecular formula is C23H22Cl2N6O2. The number of halogens is 2. The van der Waals surface area contributed by atoms with E-state index in [1.165, 1.54) is 0 Å². The fraction of sp³-hybridized carbons (Fsp3) is 0.304. The maximum Gasteiger partial charge on any atom is 0.244 e. The molecule has 3 aromatic rings. The van der Waals surface area contributed by atoms with Gasteiger partial charge in [-0.3, -0.25) is 9.48 Å².